The molecular weight excluding hydrogens is 370 g/mol. The molecule has 2 aromatic heterocycles. The van der Waals surface area contributed by atoms with Gasteiger partial charge in [-0.25, -0.2) is 9.78 Å². The highest BCUT2D eigenvalue weighted by Gasteiger charge is 2.16. The summed E-state index contributed by atoms with van der Waals surface area (Å²) in [6, 6.07) is 11.6. The zero-order chi connectivity index (χ0) is 18.5. The number of nitrogens with zero attached hydrogens (tertiary/aromatic N) is 2. The van der Waals surface area contributed by atoms with E-state index in [0.717, 1.165) is 16.4 Å². The summed E-state index contributed by atoms with van der Waals surface area (Å²) in [4.78, 5) is 28.7. The lowest BCUT2D eigenvalue weighted by Crippen LogP contribution is -2.16. The minimum Gasteiger partial charge on any atom is -0.465 e. The van der Waals surface area contributed by atoms with Crippen molar-refractivity contribution in [2.75, 3.05) is 18.2 Å². The van der Waals surface area contributed by atoms with E-state index in [9.17, 15) is 9.59 Å². The minimum atomic E-state index is -0.459. The predicted octanol–water partition coefficient (Wildman–Crippen LogP) is 3.67. The number of amides is 1. The molecule has 0 atom stereocenters. The normalized spacial score (nSPS) is 10.5. The summed E-state index contributed by atoms with van der Waals surface area (Å²) in [7, 11) is 3.23. The Morgan fingerprint density at radius 1 is 1.27 bits per heavy atom. The number of imidazole rings is 1. The number of carbonyl (C=O) groups is 2. The lowest BCUT2D eigenvalue weighted by molar-refractivity contribution is -0.113. The molecule has 1 aromatic carbocycles. The van der Waals surface area contributed by atoms with Gasteiger partial charge in [-0.2, -0.15) is 0 Å². The van der Waals surface area contributed by atoms with E-state index in [-0.39, 0.29) is 11.7 Å². The SMILES string of the molecule is COC(=O)c1sccc1NC(=O)CSc1ncc(-c2ccccc2)n1C. The van der Waals surface area contributed by atoms with Crippen molar-refractivity contribution in [3.8, 4) is 11.3 Å². The second-order valence-corrected chi connectivity index (χ2v) is 7.20. The molecule has 0 bridgehead atoms. The first-order chi connectivity index (χ1) is 12.6. The summed E-state index contributed by atoms with van der Waals surface area (Å²) in [5, 5.41) is 5.23. The van der Waals surface area contributed by atoms with Crippen molar-refractivity contribution in [2.24, 2.45) is 7.05 Å². The van der Waals surface area contributed by atoms with Crippen LogP contribution in [0.4, 0.5) is 5.69 Å². The number of anilines is 1. The molecular formula is C18H17N3O3S2. The summed E-state index contributed by atoms with van der Waals surface area (Å²) in [6.07, 6.45) is 1.80. The number of esters is 1. The molecule has 0 radical (unpaired) electrons. The number of rotatable bonds is 6. The summed E-state index contributed by atoms with van der Waals surface area (Å²) < 4.78 is 6.66. The molecule has 0 fully saturated rings. The maximum absolute atomic E-state index is 12.2. The molecule has 0 aliphatic rings. The molecule has 0 aliphatic heterocycles. The second kappa shape index (κ2) is 8.20. The lowest BCUT2D eigenvalue weighted by Gasteiger charge is -2.07. The van der Waals surface area contributed by atoms with E-state index in [4.69, 9.17) is 4.74 Å². The van der Waals surface area contributed by atoms with Gasteiger partial charge in [-0.05, 0) is 17.0 Å². The standard InChI is InChI=1S/C18H17N3O3S2/c1-21-14(12-6-4-3-5-7-12)10-19-18(21)26-11-15(22)20-13-8-9-25-16(13)17(23)24-2/h3-10H,11H2,1-2H3,(H,20,22). The largest absolute Gasteiger partial charge is 0.465 e. The molecule has 6 nitrogen and oxygen atoms in total. The van der Waals surface area contributed by atoms with Gasteiger partial charge in [-0.15, -0.1) is 11.3 Å². The number of ether oxygens (including phenoxy) is 1. The van der Waals surface area contributed by atoms with Gasteiger partial charge < -0.3 is 14.6 Å². The third kappa shape index (κ3) is 3.97. The maximum Gasteiger partial charge on any atom is 0.350 e. The molecule has 3 aromatic rings. The number of hydrogen-bond donors (Lipinski definition) is 1. The lowest BCUT2D eigenvalue weighted by atomic mass is 10.2. The fourth-order valence-corrected chi connectivity index (χ4v) is 3.90. The Bertz CT molecular complexity index is 919. The van der Waals surface area contributed by atoms with Crippen molar-refractivity contribution in [2.45, 2.75) is 5.16 Å². The Hall–Kier alpha value is -2.58. The molecule has 1 amide bonds. The first-order valence-electron chi connectivity index (χ1n) is 7.75. The van der Waals surface area contributed by atoms with Crippen molar-refractivity contribution < 1.29 is 14.3 Å². The molecule has 3 rings (SSSR count). The number of hydrogen-bond acceptors (Lipinski definition) is 6. The van der Waals surface area contributed by atoms with Gasteiger partial charge in [0.2, 0.25) is 5.91 Å². The van der Waals surface area contributed by atoms with Crippen LogP contribution in [0.1, 0.15) is 9.67 Å². The van der Waals surface area contributed by atoms with Crippen LogP contribution in [0, 0.1) is 0 Å². The fourth-order valence-electron chi connectivity index (χ4n) is 2.38. The Kier molecular flexibility index (Phi) is 5.75. The highest BCUT2D eigenvalue weighted by atomic mass is 32.2. The molecule has 1 N–H and O–H groups in total. The summed E-state index contributed by atoms with van der Waals surface area (Å²) in [5.74, 6) is -0.474. The Balaban J connectivity index is 1.63. The van der Waals surface area contributed by atoms with Crippen LogP contribution in [0.5, 0.6) is 0 Å². The van der Waals surface area contributed by atoms with Gasteiger partial charge in [0.1, 0.15) is 4.88 Å². The van der Waals surface area contributed by atoms with Gasteiger partial charge in [0, 0.05) is 7.05 Å². The second-order valence-electron chi connectivity index (χ2n) is 5.34. The minimum absolute atomic E-state index is 0.190. The quantitative estimate of drug-likeness (QED) is 0.516. The van der Waals surface area contributed by atoms with E-state index in [2.05, 4.69) is 10.3 Å². The maximum atomic E-state index is 12.2. The van der Waals surface area contributed by atoms with Crippen molar-refractivity contribution >= 4 is 40.7 Å². The van der Waals surface area contributed by atoms with E-state index in [0.29, 0.717) is 10.6 Å². The third-order valence-electron chi connectivity index (χ3n) is 3.66. The number of methoxy groups -OCH3 is 1. The molecule has 0 spiro atoms. The molecule has 134 valence electrons. The van der Waals surface area contributed by atoms with Crippen molar-refractivity contribution in [3.63, 3.8) is 0 Å². The molecule has 0 saturated carbocycles. The monoisotopic (exact) mass is 387 g/mol. The van der Waals surface area contributed by atoms with E-state index in [1.165, 1.54) is 30.2 Å². The van der Waals surface area contributed by atoms with Crippen LogP contribution >= 0.6 is 23.1 Å². The number of thioether (sulfide) groups is 1. The molecule has 0 aliphatic carbocycles. The average molecular weight is 387 g/mol. The number of carbonyl (C=O) groups excluding carboxylic acids is 2. The highest BCUT2D eigenvalue weighted by Crippen LogP contribution is 2.26. The zero-order valence-electron chi connectivity index (χ0n) is 14.3. The van der Waals surface area contributed by atoms with Gasteiger partial charge in [0.25, 0.3) is 0 Å². The number of benzene rings is 1. The van der Waals surface area contributed by atoms with Crippen molar-refractivity contribution in [1.82, 2.24) is 9.55 Å². The van der Waals surface area contributed by atoms with Crippen LogP contribution in [0.3, 0.4) is 0 Å². The number of nitrogens with one attached hydrogen (secondary N) is 1. The topological polar surface area (TPSA) is 73.2 Å². The Labute approximate surface area is 159 Å². The number of aromatic nitrogens is 2. The van der Waals surface area contributed by atoms with E-state index in [1.807, 2.05) is 41.9 Å². The van der Waals surface area contributed by atoms with Crippen LogP contribution < -0.4 is 5.32 Å². The Morgan fingerprint density at radius 2 is 2.04 bits per heavy atom. The van der Waals surface area contributed by atoms with Gasteiger partial charge in [-0.3, -0.25) is 4.79 Å². The van der Waals surface area contributed by atoms with Gasteiger partial charge in [0.15, 0.2) is 5.16 Å². The smallest absolute Gasteiger partial charge is 0.350 e. The number of thiophene rings is 1. The van der Waals surface area contributed by atoms with E-state index in [1.54, 1.807) is 17.6 Å². The molecule has 26 heavy (non-hydrogen) atoms. The van der Waals surface area contributed by atoms with Gasteiger partial charge in [0.05, 0.1) is 30.4 Å². The Morgan fingerprint density at radius 3 is 2.77 bits per heavy atom. The predicted molar refractivity (Wildman–Crippen MR) is 104 cm³/mol. The summed E-state index contributed by atoms with van der Waals surface area (Å²) in [6.45, 7) is 0. The molecule has 0 unspecified atom stereocenters. The van der Waals surface area contributed by atoms with Gasteiger partial charge >= 0.3 is 5.97 Å². The van der Waals surface area contributed by atoms with Crippen molar-refractivity contribution in [1.29, 1.82) is 0 Å². The van der Waals surface area contributed by atoms with Crippen LogP contribution in [0.25, 0.3) is 11.3 Å². The van der Waals surface area contributed by atoms with Crippen molar-refractivity contribution in [3.05, 3.63) is 52.9 Å². The summed E-state index contributed by atoms with van der Waals surface area (Å²) in [5.41, 5.74) is 2.52. The molecule has 0 saturated heterocycles. The fraction of sp³-hybridized carbons (Fsp3) is 0.167. The first-order valence-corrected chi connectivity index (χ1v) is 9.62. The molecule has 2 heterocycles. The van der Waals surface area contributed by atoms with Crippen LogP contribution in [0.15, 0.2) is 53.1 Å². The third-order valence-corrected chi connectivity index (χ3v) is 5.60. The van der Waals surface area contributed by atoms with Crippen LogP contribution in [-0.4, -0.2) is 34.3 Å². The summed E-state index contributed by atoms with van der Waals surface area (Å²) >= 11 is 2.57. The highest BCUT2D eigenvalue weighted by molar-refractivity contribution is 7.99. The van der Waals surface area contributed by atoms with Crippen LogP contribution in [0.2, 0.25) is 0 Å². The molecule has 8 heteroatoms. The van der Waals surface area contributed by atoms with Gasteiger partial charge in [-0.1, -0.05) is 42.1 Å². The van der Waals surface area contributed by atoms with Crippen LogP contribution in [-0.2, 0) is 16.6 Å². The average Bonchev–Trinajstić information content (AvgIpc) is 3.26. The zero-order valence-corrected chi connectivity index (χ0v) is 15.9. The van der Waals surface area contributed by atoms with E-state index < -0.39 is 5.97 Å². The van der Waals surface area contributed by atoms with E-state index >= 15 is 0 Å². The first kappa shape index (κ1) is 18.2.